The van der Waals surface area contributed by atoms with Gasteiger partial charge in [0.15, 0.2) is 0 Å². The Morgan fingerprint density at radius 3 is 3.33 bits per heavy atom. The first-order chi connectivity index (χ1) is 4.47. The zero-order valence-corrected chi connectivity index (χ0v) is 4.91. The fraction of sp³-hybridized carbons (Fsp3) is 0.143. The average Bonchev–Trinajstić information content (AvgIpc) is 2.33. The summed E-state index contributed by atoms with van der Waals surface area (Å²) in [5.41, 5.74) is 2.26. The molecule has 2 nitrogen and oxygen atoms in total. The van der Waals surface area contributed by atoms with E-state index in [9.17, 15) is 0 Å². The van der Waals surface area contributed by atoms with Gasteiger partial charge < -0.3 is 0 Å². The second kappa shape index (κ2) is 1.65. The number of pyridine rings is 1. The maximum atomic E-state index is 4.11. The Labute approximate surface area is 53.3 Å². The second-order valence-corrected chi connectivity index (χ2v) is 2.02. The van der Waals surface area contributed by atoms with E-state index in [1.807, 2.05) is 12.3 Å². The Bertz CT molecular complexity index is 253. The zero-order chi connectivity index (χ0) is 6.10. The molecule has 2 rings (SSSR count). The summed E-state index contributed by atoms with van der Waals surface area (Å²) < 4.78 is 0. The summed E-state index contributed by atoms with van der Waals surface area (Å²) in [6.45, 7) is 0.809. The number of aliphatic imine (C=N–C) groups is 1. The second-order valence-electron chi connectivity index (χ2n) is 2.02. The predicted molar refractivity (Wildman–Crippen MR) is 35.5 cm³/mol. The molecule has 0 amide bonds. The Morgan fingerprint density at radius 1 is 1.44 bits per heavy atom. The largest absolute Gasteiger partial charge is 0.286 e. The third kappa shape index (κ3) is 0.633. The van der Waals surface area contributed by atoms with Crippen molar-refractivity contribution >= 4 is 6.21 Å². The van der Waals surface area contributed by atoms with Gasteiger partial charge in [0, 0.05) is 18.0 Å². The monoisotopic (exact) mass is 118 g/mol. The molecule has 1 aliphatic heterocycles. The maximum absolute atomic E-state index is 4.11. The highest BCUT2D eigenvalue weighted by atomic mass is 14.8. The number of fused-ring (bicyclic) bond motifs is 1. The molecule has 0 unspecified atom stereocenters. The fourth-order valence-corrected chi connectivity index (χ4v) is 0.931. The summed E-state index contributed by atoms with van der Waals surface area (Å²) in [5, 5.41) is 0. The smallest absolute Gasteiger partial charge is 0.0858 e. The van der Waals surface area contributed by atoms with Crippen molar-refractivity contribution in [3.05, 3.63) is 29.6 Å². The molecule has 0 N–H and O–H groups in total. The van der Waals surface area contributed by atoms with Crippen molar-refractivity contribution in [3.8, 4) is 0 Å². The average molecular weight is 118 g/mol. The van der Waals surface area contributed by atoms with Gasteiger partial charge in [0.2, 0.25) is 0 Å². The van der Waals surface area contributed by atoms with Gasteiger partial charge in [0.25, 0.3) is 0 Å². The summed E-state index contributed by atoms with van der Waals surface area (Å²) in [4.78, 5) is 8.17. The summed E-state index contributed by atoms with van der Waals surface area (Å²) in [5.74, 6) is 0. The van der Waals surface area contributed by atoms with E-state index in [-0.39, 0.29) is 0 Å². The molecule has 44 valence electrons. The normalized spacial score (nSPS) is 13.8. The van der Waals surface area contributed by atoms with Crippen LogP contribution in [0.4, 0.5) is 0 Å². The Morgan fingerprint density at radius 2 is 2.44 bits per heavy atom. The van der Waals surface area contributed by atoms with Crippen LogP contribution in [0.15, 0.2) is 23.3 Å². The fourth-order valence-electron chi connectivity index (χ4n) is 0.931. The van der Waals surface area contributed by atoms with Crippen molar-refractivity contribution in [1.29, 1.82) is 0 Å². The molecular weight excluding hydrogens is 112 g/mol. The molecule has 0 saturated heterocycles. The predicted octanol–water partition coefficient (Wildman–Crippen LogP) is 1.01. The van der Waals surface area contributed by atoms with Crippen LogP contribution in [0.25, 0.3) is 0 Å². The standard InChI is InChI=1S/C7H6N2/c1-2-6-4-8-5-7(6)9-3-1/h1-3,5H,4H2. The van der Waals surface area contributed by atoms with Crippen LogP contribution in [0.1, 0.15) is 11.3 Å². The van der Waals surface area contributed by atoms with Gasteiger partial charge >= 0.3 is 0 Å². The molecule has 0 bridgehead atoms. The lowest BCUT2D eigenvalue weighted by Gasteiger charge is -1.90. The minimum Gasteiger partial charge on any atom is -0.286 e. The van der Waals surface area contributed by atoms with Crippen LogP contribution >= 0.6 is 0 Å². The van der Waals surface area contributed by atoms with Crippen LogP contribution in [-0.4, -0.2) is 11.2 Å². The van der Waals surface area contributed by atoms with Gasteiger partial charge in [-0.25, -0.2) is 0 Å². The zero-order valence-electron chi connectivity index (χ0n) is 4.91. The molecule has 0 spiro atoms. The molecule has 0 fully saturated rings. The molecule has 2 heteroatoms. The number of rotatable bonds is 0. The van der Waals surface area contributed by atoms with Crippen LogP contribution in [-0.2, 0) is 6.54 Å². The van der Waals surface area contributed by atoms with Crippen molar-refractivity contribution in [1.82, 2.24) is 4.98 Å². The molecule has 0 aliphatic carbocycles. The molecule has 0 saturated carbocycles. The maximum Gasteiger partial charge on any atom is 0.0858 e. The quantitative estimate of drug-likeness (QED) is 0.499. The van der Waals surface area contributed by atoms with E-state index in [2.05, 4.69) is 16.0 Å². The topological polar surface area (TPSA) is 25.2 Å². The van der Waals surface area contributed by atoms with E-state index in [0.29, 0.717) is 0 Å². The third-order valence-electron chi connectivity index (χ3n) is 1.40. The van der Waals surface area contributed by atoms with Crippen LogP contribution in [0.5, 0.6) is 0 Å². The highest BCUT2D eigenvalue weighted by Crippen LogP contribution is 2.09. The Kier molecular flexibility index (Phi) is 0.859. The molecule has 2 heterocycles. The minimum absolute atomic E-state index is 0.809. The number of aromatic nitrogens is 1. The van der Waals surface area contributed by atoms with E-state index in [1.165, 1.54) is 5.56 Å². The van der Waals surface area contributed by atoms with E-state index >= 15 is 0 Å². The highest BCUT2D eigenvalue weighted by Gasteiger charge is 2.03. The first-order valence-corrected chi connectivity index (χ1v) is 2.90. The van der Waals surface area contributed by atoms with Gasteiger partial charge in [-0.1, -0.05) is 6.07 Å². The molecule has 1 aromatic rings. The molecule has 0 radical (unpaired) electrons. The van der Waals surface area contributed by atoms with Gasteiger partial charge in [-0.05, 0) is 6.07 Å². The lowest BCUT2D eigenvalue weighted by atomic mass is 10.2. The van der Waals surface area contributed by atoms with Crippen molar-refractivity contribution in [2.45, 2.75) is 6.54 Å². The van der Waals surface area contributed by atoms with Gasteiger partial charge in [0.05, 0.1) is 12.2 Å². The van der Waals surface area contributed by atoms with Gasteiger partial charge in [-0.3, -0.25) is 9.98 Å². The molecule has 0 atom stereocenters. The van der Waals surface area contributed by atoms with Crippen molar-refractivity contribution in [2.75, 3.05) is 0 Å². The summed E-state index contributed by atoms with van der Waals surface area (Å²) in [7, 11) is 0. The summed E-state index contributed by atoms with van der Waals surface area (Å²) >= 11 is 0. The first kappa shape index (κ1) is 4.68. The van der Waals surface area contributed by atoms with Crippen molar-refractivity contribution < 1.29 is 0 Å². The Balaban J connectivity index is 2.63. The van der Waals surface area contributed by atoms with Crippen LogP contribution in [0.2, 0.25) is 0 Å². The SMILES string of the molecule is C1=NCc2cccnc21. The third-order valence-corrected chi connectivity index (χ3v) is 1.40. The lowest BCUT2D eigenvalue weighted by molar-refractivity contribution is 1.09. The molecule has 9 heavy (non-hydrogen) atoms. The summed E-state index contributed by atoms with van der Waals surface area (Å²) in [6, 6.07) is 3.99. The number of nitrogens with zero attached hydrogens (tertiary/aromatic N) is 2. The van der Waals surface area contributed by atoms with E-state index < -0.39 is 0 Å². The molecular formula is C7H6N2. The minimum atomic E-state index is 0.809. The first-order valence-electron chi connectivity index (χ1n) is 2.90. The summed E-state index contributed by atoms with van der Waals surface area (Å²) in [6.07, 6.45) is 3.60. The van der Waals surface area contributed by atoms with Crippen molar-refractivity contribution in [3.63, 3.8) is 0 Å². The van der Waals surface area contributed by atoms with E-state index in [0.717, 1.165) is 12.2 Å². The number of hydrogen-bond donors (Lipinski definition) is 0. The molecule has 1 aliphatic rings. The van der Waals surface area contributed by atoms with Gasteiger partial charge in [0.1, 0.15) is 0 Å². The van der Waals surface area contributed by atoms with Crippen LogP contribution < -0.4 is 0 Å². The van der Waals surface area contributed by atoms with Gasteiger partial charge in [-0.15, -0.1) is 0 Å². The Hall–Kier alpha value is -1.18. The van der Waals surface area contributed by atoms with Crippen molar-refractivity contribution in [2.24, 2.45) is 4.99 Å². The molecule has 1 aromatic heterocycles. The van der Waals surface area contributed by atoms with Crippen LogP contribution in [0, 0.1) is 0 Å². The molecule has 0 aromatic carbocycles. The van der Waals surface area contributed by atoms with E-state index in [1.54, 1.807) is 6.20 Å². The van der Waals surface area contributed by atoms with Gasteiger partial charge in [-0.2, -0.15) is 0 Å². The van der Waals surface area contributed by atoms with Crippen LogP contribution in [0.3, 0.4) is 0 Å². The van der Waals surface area contributed by atoms with E-state index in [4.69, 9.17) is 0 Å². The lowest BCUT2D eigenvalue weighted by Crippen LogP contribution is -1.85. The number of hydrogen-bond acceptors (Lipinski definition) is 2. The highest BCUT2D eigenvalue weighted by molar-refractivity contribution is 5.81.